The molecule has 0 saturated carbocycles. The molecule has 1 aromatic heterocycles. The summed E-state index contributed by atoms with van der Waals surface area (Å²) in [5, 5.41) is 0.866. The minimum absolute atomic E-state index is 0.334. The van der Waals surface area contributed by atoms with Crippen molar-refractivity contribution < 1.29 is 8.42 Å². The summed E-state index contributed by atoms with van der Waals surface area (Å²) < 4.78 is 27.7. The molecule has 2 heterocycles. The van der Waals surface area contributed by atoms with Crippen molar-refractivity contribution in [2.24, 2.45) is 5.92 Å². The van der Waals surface area contributed by atoms with Gasteiger partial charge >= 0.3 is 0 Å². The maximum Gasteiger partial charge on any atom is 0.245 e. The largest absolute Gasteiger partial charge is 0.255 e. The summed E-state index contributed by atoms with van der Waals surface area (Å²) in [6.07, 6.45) is 5.79. The normalized spacial score (nSPS) is 20.9. The van der Waals surface area contributed by atoms with Crippen LogP contribution in [0.2, 0.25) is 0 Å². The topological polar surface area (TPSA) is 50.3 Å². The summed E-state index contributed by atoms with van der Waals surface area (Å²) >= 11 is 0. The zero-order chi connectivity index (χ0) is 15.6. The Kier molecular flexibility index (Phi) is 4.45. The van der Waals surface area contributed by atoms with Crippen LogP contribution in [0.25, 0.3) is 10.9 Å². The Labute approximate surface area is 132 Å². The van der Waals surface area contributed by atoms with Crippen molar-refractivity contribution in [3.8, 4) is 0 Å². The van der Waals surface area contributed by atoms with Crippen molar-refractivity contribution in [2.75, 3.05) is 13.1 Å². The van der Waals surface area contributed by atoms with Crippen LogP contribution in [0.3, 0.4) is 0 Å². The lowest BCUT2D eigenvalue weighted by Crippen LogP contribution is -2.32. The highest BCUT2D eigenvalue weighted by Crippen LogP contribution is 2.28. The van der Waals surface area contributed by atoms with E-state index in [9.17, 15) is 8.42 Å². The Hall–Kier alpha value is -1.46. The van der Waals surface area contributed by atoms with Gasteiger partial charge in [-0.1, -0.05) is 31.5 Å². The summed E-state index contributed by atoms with van der Waals surface area (Å²) in [7, 11) is -3.47. The zero-order valence-corrected chi connectivity index (χ0v) is 13.7. The van der Waals surface area contributed by atoms with E-state index < -0.39 is 10.0 Å². The molecule has 0 N–H and O–H groups in total. The van der Waals surface area contributed by atoms with Gasteiger partial charge in [-0.25, -0.2) is 8.42 Å². The number of rotatable bonds is 3. The lowest BCUT2D eigenvalue weighted by molar-refractivity contribution is 0.408. The highest BCUT2D eigenvalue weighted by atomic mass is 32.2. The molecule has 1 saturated heterocycles. The van der Waals surface area contributed by atoms with Gasteiger partial charge in [0.15, 0.2) is 0 Å². The third kappa shape index (κ3) is 2.88. The van der Waals surface area contributed by atoms with Crippen LogP contribution < -0.4 is 0 Å². The van der Waals surface area contributed by atoms with Gasteiger partial charge in [0, 0.05) is 24.7 Å². The predicted molar refractivity (Wildman–Crippen MR) is 88.1 cm³/mol. The molecule has 1 aliphatic rings. The number of pyridine rings is 1. The first kappa shape index (κ1) is 15.4. The molecule has 0 aliphatic carbocycles. The van der Waals surface area contributed by atoms with Crippen LogP contribution in [0.5, 0.6) is 0 Å². The number of aromatic nitrogens is 1. The Morgan fingerprint density at radius 2 is 2.00 bits per heavy atom. The Morgan fingerprint density at radius 1 is 1.18 bits per heavy atom. The molecule has 1 aromatic carbocycles. The van der Waals surface area contributed by atoms with Crippen LogP contribution in [0.1, 0.15) is 32.6 Å². The molecule has 22 heavy (non-hydrogen) atoms. The van der Waals surface area contributed by atoms with E-state index in [0.29, 0.717) is 29.4 Å². The number of hydrogen-bond donors (Lipinski definition) is 0. The van der Waals surface area contributed by atoms with Gasteiger partial charge in [-0.2, -0.15) is 4.31 Å². The van der Waals surface area contributed by atoms with Crippen LogP contribution >= 0.6 is 0 Å². The fourth-order valence-electron chi connectivity index (χ4n) is 3.21. The van der Waals surface area contributed by atoms with E-state index in [0.717, 1.165) is 31.1 Å². The number of para-hydroxylation sites is 1. The molecule has 1 aliphatic heterocycles. The molecule has 1 unspecified atom stereocenters. The summed E-state index contributed by atoms with van der Waals surface area (Å²) in [6, 6.07) is 9.10. The fraction of sp³-hybridized carbons (Fsp3) is 0.471. The standard InChI is InChI=1S/C17H22N2O2S/c1-2-14-6-5-12-19(13-10-14)22(20,21)16-9-3-7-15-8-4-11-18-17(15)16/h3-4,7-9,11,14H,2,5-6,10,12-13H2,1H3. The van der Waals surface area contributed by atoms with Gasteiger partial charge in [0.05, 0.1) is 5.52 Å². The molecule has 0 spiro atoms. The lowest BCUT2D eigenvalue weighted by atomic mass is 9.98. The van der Waals surface area contributed by atoms with Crippen LogP contribution in [-0.4, -0.2) is 30.8 Å². The molecule has 5 heteroatoms. The molecule has 118 valence electrons. The number of hydrogen-bond acceptors (Lipinski definition) is 3. The third-order valence-electron chi connectivity index (χ3n) is 4.60. The number of fused-ring (bicyclic) bond motifs is 1. The molecule has 4 nitrogen and oxygen atoms in total. The molecule has 0 bridgehead atoms. The highest BCUT2D eigenvalue weighted by molar-refractivity contribution is 7.89. The Bertz CT molecular complexity index is 753. The molecule has 0 radical (unpaired) electrons. The highest BCUT2D eigenvalue weighted by Gasteiger charge is 2.28. The monoisotopic (exact) mass is 318 g/mol. The van der Waals surface area contributed by atoms with E-state index in [1.165, 1.54) is 0 Å². The minimum atomic E-state index is -3.47. The van der Waals surface area contributed by atoms with Gasteiger partial charge in [-0.3, -0.25) is 4.98 Å². The molecule has 3 rings (SSSR count). The van der Waals surface area contributed by atoms with E-state index in [2.05, 4.69) is 11.9 Å². The van der Waals surface area contributed by atoms with Gasteiger partial charge in [-0.15, -0.1) is 0 Å². The molecule has 1 fully saturated rings. The van der Waals surface area contributed by atoms with Crippen molar-refractivity contribution >= 4 is 20.9 Å². The van der Waals surface area contributed by atoms with Crippen molar-refractivity contribution in [3.05, 3.63) is 36.5 Å². The first-order chi connectivity index (χ1) is 10.6. The molecule has 2 aromatic rings. The molecular weight excluding hydrogens is 296 g/mol. The van der Waals surface area contributed by atoms with Crippen LogP contribution in [-0.2, 0) is 10.0 Å². The van der Waals surface area contributed by atoms with Gasteiger partial charge in [-0.05, 0) is 37.3 Å². The Balaban J connectivity index is 1.98. The lowest BCUT2D eigenvalue weighted by Gasteiger charge is -2.20. The summed E-state index contributed by atoms with van der Waals surface area (Å²) in [4.78, 5) is 4.62. The third-order valence-corrected chi connectivity index (χ3v) is 6.53. The number of benzene rings is 1. The second-order valence-corrected chi connectivity index (χ2v) is 7.85. The summed E-state index contributed by atoms with van der Waals surface area (Å²) in [5.41, 5.74) is 0.571. The van der Waals surface area contributed by atoms with Gasteiger partial charge < -0.3 is 0 Å². The number of sulfonamides is 1. The van der Waals surface area contributed by atoms with Crippen molar-refractivity contribution in [1.82, 2.24) is 9.29 Å². The first-order valence-corrected chi connectivity index (χ1v) is 9.41. The maximum atomic E-state index is 13.0. The van der Waals surface area contributed by atoms with Gasteiger partial charge in [0.25, 0.3) is 0 Å². The average Bonchev–Trinajstić information content (AvgIpc) is 2.80. The maximum absolute atomic E-state index is 13.0. The van der Waals surface area contributed by atoms with Crippen LogP contribution in [0, 0.1) is 5.92 Å². The summed E-state index contributed by atoms with van der Waals surface area (Å²) in [5.74, 6) is 0.644. The van der Waals surface area contributed by atoms with E-state index in [1.807, 2.05) is 18.2 Å². The van der Waals surface area contributed by atoms with E-state index in [4.69, 9.17) is 0 Å². The van der Waals surface area contributed by atoms with Crippen molar-refractivity contribution in [1.29, 1.82) is 0 Å². The average molecular weight is 318 g/mol. The molecule has 0 amide bonds. The van der Waals surface area contributed by atoms with Crippen LogP contribution in [0.4, 0.5) is 0 Å². The van der Waals surface area contributed by atoms with E-state index in [-0.39, 0.29) is 0 Å². The van der Waals surface area contributed by atoms with Crippen LogP contribution in [0.15, 0.2) is 41.4 Å². The predicted octanol–water partition coefficient (Wildman–Crippen LogP) is 3.44. The quantitative estimate of drug-likeness (QED) is 0.871. The SMILES string of the molecule is CCC1CCCN(S(=O)(=O)c2cccc3cccnc23)CC1. The van der Waals surface area contributed by atoms with Gasteiger partial charge in [0.2, 0.25) is 10.0 Å². The van der Waals surface area contributed by atoms with Crippen molar-refractivity contribution in [3.63, 3.8) is 0 Å². The van der Waals surface area contributed by atoms with E-state index >= 15 is 0 Å². The minimum Gasteiger partial charge on any atom is -0.255 e. The summed E-state index contributed by atoms with van der Waals surface area (Å²) in [6.45, 7) is 3.41. The van der Waals surface area contributed by atoms with E-state index in [1.54, 1.807) is 22.6 Å². The Morgan fingerprint density at radius 3 is 2.82 bits per heavy atom. The van der Waals surface area contributed by atoms with Crippen molar-refractivity contribution in [2.45, 2.75) is 37.5 Å². The van der Waals surface area contributed by atoms with Gasteiger partial charge in [0.1, 0.15) is 4.90 Å². The molecule has 1 atom stereocenters. The zero-order valence-electron chi connectivity index (χ0n) is 12.9. The first-order valence-electron chi connectivity index (χ1n) is 7.97. The smallest absolute Gasteiger partial charge is 0.245 e. The second kappa shape index (κ2) is 6.34. The molecular formula is C17H22N2O2S. The second-order valence-electron chi connectivity index (χ2n) is 5.94. The number of nitrogens with zero attached hydrogens (tertiary/aromatic N) is 2. The fourth-order valence-corrected chi connectivity index (χ4v) is 4.87.